The van der Waals surface area contributed by atoms with Crippen LogP contribution in [0.2, 0.25) is 0 Å². The zero-order chi connectivity index (χ0) is 26.8. The molecule has 3 aromatic carbocycles. The molecule has 38 heavy (non-hydrogen) atoms. The molecule has 0 spiro atoms. The van der Waals surface area contributed by atoms with Crippen LogP contribution in [0, 0.1) is 6.92 Å². The Morgan fingerprint density at radius 3 is 2.18 bits per heavy atom. The molecular formula is C31H34N4O3. The summed E-state index contributed by atoms with van der Waals surface area (Å²) in [5.41, 5.74) is 5.22. The largest absolute Gasteiger partial charge is 0.480 e. The van der Waals surface area contributed by atoms with Crippen molar-refractivity contribution in [3.63, 3.8) is 0 Å². The molecule has 3 aromatic rings. The van der Waals surface area contributed by atoms with Gasteiger partial charge in [0.05, 0.1) is 24.3 Å². The number of carbonyl (C=O) groups excluding carboxylic acids is 1. The van der Waals surface area contributed by atoms with Crippen molar-refractivity contribution in [2.24, 2.45) is 4.99 Å². The maximum atomic E-state index is 14.1. The Morgan fingerprint density at radius 2 is 1.63 bits per heavy atom. The molecule has 1 fully saturated rings. The smallest absolute Gasteiger partial charge is 0.326 e. The number of aliphatic imine (C=N–C) groups is 1. The third-order valence-corrected chi connectivity index (χ3v) is 7.69. The predicted octanol–water partition coefficient (Wildman–Crippen LogP) is 4.16. The highest BCUT2D eigenvalue weighted by Crippen LogP contribution is 2.34. The second-order valence-electron chi connectivity index (χ2n) is 10.4. The highest BCUT2D eigenvalue weighted by Gasteiger charge is 2.46. The van der Waals surface area contributed by atoms with Crippen LogP contribution in [0.3, 0.4) is 0 Å². The number of rotatable bonds is 7. The number of hydrogen-bond acceptors (Lipinski definition) is 5. The molecule has 0 aliphatic carbocycles. The SMILES string of the molecule is Cc1cc(CN2C=NC3CN(C(=O)C(c4ccccc4)c4ccccc4)[C@H](C(=O)O)CC32)ccc1N(C)C. The second-order valence-corrected chi connectivity index (χ2v) is 10.4. The van der Waals surface area contributed by atoms with Gasteiger partial charge in [-0.1, -0.05) is 72.8 Å². The number of amides is 1. The van der Waals surface area contributed by atoms with Crippen molar-refractivity contribution in [2.75, 3.05) is 25.5 Å². The average Bonchev–Trinajstić information content (AvgIpc) is 3.30. The summed E-state index contributed by atoms with van der Waals surface area (Å²) < 4.78 is 0. The van der Waals surface area contributed by atoms with E-state index in [1.807, 2.05) is 81.1 Å². The van der Waals surface area contributed by atoms with Gasteiger partial charge in [0.2, 0.25) is 5.91 Å². The first-order valence-corrected chi connectivity index (χ1v) is 13.0. The Hall–Kier alpha value is -4.13. The summed E-state index contributed by atoms with van der Waals surface area (Å²) in [6, 6.07) is 24.4. The van der Waals surface area contributed by atoms with Crippen LogP contribution in [0.5, 0.6) is 0 Å². The maximum Gasteiger partial charge on any atom is 0.326 e. The minimum Gasteiger partial charge on any atom is -0.480 e. The normalized spacial score (nSPS) is 20.5. The Bertz CT molecular complexity index is 1290. The van der Waals surface area contributed by atoms with Crippen LogP contribution in [-0.4, -0.2) is 71.9 Å². The van der Waals surface area contributed by atoms with Gasteiger partial charge in [-0.25, -0.2) is 4.79 Å². The predicted molar refractivity (Wildman–Crippen MR) is 150 cm³/mol. The number of carboxylic acids is 1. The fraction of sp³-hybridized carbons (Fsp3) is 0.323. The molecule has 0 radical (unpaired) electrons. The fourth-order valence-corrected chi connectivity index (χ4v) is 5.82. The zero-order valence-electron chi connectivity index (χ0n) is 22.1. The van der Waals surface area contributed by atoms with Crippen molar-refractivity contribution < 1.29 is 14.7 Å². The van der Waals surface area contributed by atoms with E-state index in [0.29, 0.717) is 13.0 Å². The topological polar surface area (TPSA) is 76.4 Å². The van der Waals surface area contributed by atoms with Crippen LogP contribution < -0.4 is 4.90 Å². The first-order chi connectivity index (χ1) is 18.3. The number of benzene rings is 3. The highest BCUT2D eigenvalue weighted by molar-refractivity contribution is 5.91. The molecule has 0 bridgehead atoms. The number of hydrogen-bond donors (Lipinski definition) is 1. The van der Waals surface area contributed by atoms with Crippen molar-refractivity contribution in [3.05, 3.63) is 101 Å². The van der Waals surface area contributed by atoms with Gasteiger partial charge >= 0.3 is 5.97 Å². The van der Waals surface area contributed by atoms with Crippen molar-refractivity contribution >= 4 is 23.9 Å². The summed E-state index contributed by atoms with van der Waals surface area (Å²) in [7, 11) is 4.06. The van der Waals surface area contributed by atoms with E-state index in [1.54, 1.807) is 4.90 Å². The lowest BCUT2D eigenvalue weighted by atomic mass is 9.86. The molecule has 0 aromatic heterocycles. The lowest BCUT2D eigenvalue weighted by Gasteiger charge is -2.42. The summed E-state index contributed by atoms with van der Waals surface area (Å²) >= 11 is 0. The molecule has 1 N–H and O–H groups in total. The van der Waals surface area contributed by atoms with E-state index in [4.69, 9.17) is 4.99 Å². The average molecular weight is 511 g/mol. The van der Waals surface area contributed by atoms with Crippen molar-refractivity contribution in [3.8, 4) is 0 Å². The molecule has 2 aliphatic heterocycles. The summed E-state index contributed by atoms with van der Waals surface area (Å²) in [5.74, 6) is -1.75. The summed E-state index contributed by atoms with van der Waals surface area (Å²) in [6.45, 7) is 3.03. The number of anilines is 1. The Balaban J connectivity index is 1.39. The second kappa shape index (κ2) is 10.7. The van der Waals surface area contributed by atoms with Crippen LogP contribution in [0.25, 0.3) is 0 Å². The molecule has 3 atom stereocenters. The third-order valence-electron chi connectivity index (χ3n) is 7.69. The molecular weight excluding hydrogens is 476 g/mol. The van der Waals surface area contributed by atoms with E-state index in [0.717, 1.165) is 16.7 Å². The molecule has 0 saturated carbocycles. The van der Waals surface area contributed by atoms with Gasteiger partial charge in [0.15, 0.2) is 0 Å². The van der Waals surface area contributed by atoms with Crippen molar-refractivity contribution in [1.82, 2.24) is 9.80 Å². The van der Waals surface area contributed by atoms with Gasteiger partial charge < -0.3 is 19.8 Å². The Morgan fingerprint density at radius 1 is 1.00 bits per heavy atom. The molecule has 2 heterocycles. The highest BCUT2D eigenvalue weighted by atomic mass is 16.4. The summed E-state index contributed by atoms with van der Waals surface area (Å²) in [6.07, 6.45) is 2.17. The van der Waals surface area contributed by atoms with Gasteiger partial charge in [-0.3, -0.25) is 9.79 Å². The quantitative estimate of drug-likeness (QED) is 0.517. The molecule has 2 unspecified atom stereocenters. The number of fused-ring (bicyclic) bond motifs is 1. The first kappa shape index (κ1) is 25.5. The van der Waals surface area contributed by atoms with E-state index in [2.05, 4.69) is 34.9 Å². The van der Waals surface area contributed by atoms with Crippen LogP contribution in [0.4, 0.5) is 5.69 Å². The van der Waals surface area contributed by atoms with Crippen LogP contribution in [0.1, 0.15) is 34.6 Å². The monoisotopic (exact) mass is 510 g/mol. The number of likely N-dealkylation sites (tertiary alicyclic amines) is 1. The van der Waals surface area contributed by atoms with Gasteiger partial charge in [0, 0.05) is 39.3 Å². The maximum absolute atomic E-state index is 14.1. The lowest BCUT2D eigenvalue weighted by molar-refractivity contribution is -0.153. The van der Waals surface area contributed by atoms with Gasteiger partial charge in [-0.2, -0.15) is 0 Å². The molecule has 1 amide bonds. The van der Waals surface area contributed by atoms with Crippen molar-refractivity contribution in [2.45, 2.75) is 43.9 Å². The van der Waals surface area contributed by atoms with E-state index in [1.165, 1.54) is 11.3 Å². The van der Waals surface area contributed by atoms with Crippen LogP contribution in [0.15, 0.2) is 83.9 Å². The zero-order valence-corrected chi connectivity index (χ0v) is 22.1. The van der Waals surface area contributed by atoms with E-state index in [9.17, 15) is 14.7 Å². The number of piperidine rings is 1. The first-order valence-electron chi connectivity index (χ1n) is 13.0. The molecule has 2 aliphatic rings. The minimum absolute atomic E-state index is 0.0686. The van der Waals surface area contributed by atoms with E-state index in [-0.39, 0.29) is 24.5 Å². The number of carboxylic acid groups (broad SMARTS) is 1. The minimum atomic E-state index is -0.977. The van der Waals surface area contributed by atoms with Crippen LogP contribution in [-0.2, 0) is 16.1 Å². The fourth-order valence-electron chi connectivity index (χ4n) is 5.82. The van der Waals surface area contributed by atoms with Gasteiger partial charge in [0.25, 0.3) is 0 Å². The number of aryl methyl sites for hydroxylation is 1. The van der Waals surface area contributed by atoms with Crippen LogP contribution >= 0.6 is 0 Å². The molecule has 7 heteroatoms. The molecule has 5 rings (SSSR count). The number of aliphatic carboxylic acids is 1. The Labute approximate surface area is 224 Å². The number of carbonyl (C=O) groups is 2. The lowest BCUT2D eigenvalue weighted by Crippen LogP contribution is -2.59. The van der Waals surface area contributed by atoms with Crippen molar-refractivity contribution in [1.29, 1.82) is 0 Å². The van der Waals surface area contributed by atoms with E-state index >= 15 is 0 Å². The Kier molecular flexibility index (Phi) is 7.18. The number of nitrogens with zero attached hydrogens (tertiary/aromatic N) is 4. The molecule has 196 valence electrons. The van der Waals surface area contributed by atoms with Gasteiger partial charge in [-0.05, 0) is 35.2 Å². The van der Waals surface area contributed by atoms with Gasteiger partial charge in [-0.15, -0.1) is 0 Å². The summed E-state index contributed by atoms with van der Waals surface area (Å²) in [4.78, 5) is 37.1. The van der Waals surface area contributed by atoms with E-state index < -0.39 is 17.9 Å². The summed E-state index contributed by atoms with van der Waals surface area (Å²) in [5, 5.41) is 10.2. The van der Waals surface area contributed by atoms with Gasteiger partial charge in [0.1, 0.15) is 6.04 Å². The molecule has 7 nitrogen and oxygen atoms in total. The third kappa shape index (κ3) is 5.01. The standard InChI is InChI=1S/C31H34N4O3/c1-21-16-22(14-15-26(21)33(2)3)18-34-20-32-25-19-35(28(31(37)38)17-27(25)34)30(36)29(23-10-6-4-7-11-23)24-12-8-5-9-13-24/h4-16,20,25,27-29H,17-19H2,1-3H3,(H,37,38)/t25?,27?,28-/m0/s1. The molecule has 1 saturated heterocycles.